The molecular weight excluding hydrogens is 403 g/mol. The first kappa shape index (κ1) is 20.4. The number of carbonyl (C=O) groups excluding carboxylic acids is 2. The summed E-state index contributed by atoms with van der Waals surface area (Å²) >= 11 is 1.35. The maximum absolute atomic E-state index is 13.5. The van der Waals surface area contributed by atoms with Gasteiger partial charge < -0.3 is 0 Å². The van der Waals surface area contributed by atoms with Crippen LogP contribution in [0.5, 0.6) is 0 Å². The third-order valence-electron chi connectivity index (χ3n) is 5.27. The highest BCUT2D eigenvalue weighted by Gasteiger charge is 2.36. The molecule has 2 aliphatic rings. The molecule has 1 N–H and O–H groups in total. The fourth-order valence-corrected chi connectivity index (χ4v) is 4.75. The van der Waals surface area contributed by atoms with Crippen molar-refractivity contribution in [3.8, 4) is 0 Å². The first-order chi connectivity index (χ1) is 14.5. The predicted molar refractivity (Wildman–Crippen MR) is 114 cm³/mol. The van der Waals surface area contributed by atoms with Crippen LogP contribution in [-0.2, 0) is 9.59 Å². The fourth-order valence-electron chi connectivity index (χ4n) is 3.73. The third-order valence-corrected chi connectivity index (χ3v) is 6.44. The van der Waals surface area contributed by atoms with Gasteiger partial charge in [0.1, 0.15) is 11.9 Å². The Bertz CT molecular complexity index is 1010. The number of pyridine rings is 1. The number of hydrazone groups is 1. The Morgan fingerprint density at radius 1 is 1.27 bits per heavy atom. The number of piperidine rings is 1. The molecule has 3 heterocycles. The highest BCUT2D eigenvalue weighted by Crippen LogP contribution is 2.37. The summed E-state index contributed by atoms with van der Waals surface area (Å²) < 4.78 is 13.5. The van der Waals surface area contributed by atoms with Gasteiger partial charge in [0.2, 0.25) is 5.12 Å². The molecule has 6 nitrogen and oxygen atoms in total. The topological polar surface area (TPSA) is 74.7 Å². The summed E-state index contributed by atoms with van der Waals surface area (Å²) in [7, 11) is 0. The van der Waals surface area contributed by atoms with E-state index < -0.39 is 6.04 Å². The molecule has 1 amide bonds. The molecular formula is C22H21FN4O2S. The summed E-state index contributed by atoms with van der Waals surface area (Å²) in [6.07, 6.45) is 5.78. The largest absolute Gasteiger partial charge is 0.284 e. The number of rotatable bonds is 5. The summed E-state index contributed by atoms with van der Waals surface area (Å²) in [5.41, 5.74) is 5.89. The molecule has 30 heavy (non-hydrogen) atoms. The van der Waals surface area contributed by atoms with Crippen LogP contribution in [0.2, 0.25) is 0 Å². The minimum Gasteiger partial charge on any atom is -0.284 e. The van der Waals surface area contributed by atoms with E-state index in [1.807, 2.05) is 17.0 Å². The Hall–Kier alpha value is -2.84. The third kappa shape index (κ3) is 4.49. The maximum atomic E-state index is 13.5. The number of hydrogen-bond acceptors (Lipinski definition) is 6. The molecule has 0 radical (unpaired) electrons. The van der Waals surface area contributed by atoms with Crippen LogP contribution < -0.4 is 5.43 Å². The number of fused-ring (bicyclic) bond motifs is 1. The number of thioether (sulfide) groups is 1. The molecule has 2 aliphatic heterocycles. The zero-order chi connectivity index (χ0) is 21.1. The van der Waals surface area contributed by atoms with Gasteiger partial charge in [-0.15, -0.1) is 0 Å². The molecule has 1 fully saturated rings. The highest BCUT2D eigenvalue weighted by atomic mass is 32.2. The molecule has 1 aromatic carbocycles. The van der Waals surface area contributed by atoms with Gasteiger partial charge in [-0.05, 0) is 54.8 Å². The monoisotopic (exact) mass is 424 g/mol. The highest BCUT2D eigenvalue weighted by molar-refractivity contribution is 8.15. The number of nitrogens with zero attached hydrogens (tertiary/aromatic N) is 3. The van der Waals surface area contributed by atoms with E-state index in [1.54, 1.807) is 37.5 Å². The number of benzene rings is 1. The van der Waals surface area contributed by atoms with E-state index in [-0.39, 0.29) is 22.1 Å². The van der Waals surface area contributed by atoms with E-state index in [9.17, 15) is 14.0 Å². The molecule has 4 rings (SSSR count). The predicted octanol–water partition coefficient (Wildman–Crippen LogP) is 3.08. The van der Waals surface area contributed by atoms with Gasteiger partial charge in [0.05, 0.1) is 5.71 Å². The van der Waals surface area contributed by atoms with Crippen molar-refractivity contribution in [3.05, 3.63) is 77.4 Å². The Balaban J connectivity index is 1.57. The Kier molecular flexibility index (Phi) is 6.06. The van der Waals surface area contributed by atoms with Crippen LogP contribution >= 0.6 is 11.8 Å². The SMILES string of the molecule is C/C(=N/NC(=O)C(c1ccc(F)cc1)N1CCC2SC(=O)C=C2C1)c1ccncc1. The summed E-state index contributed by atoms with van der Waals surface area (Å²) in [5, 5.41) is 4.51. The van der Waals surface area contributed by atoms with E-state index in [0.717, 1.165) is 17.6 Å². The van der Waals surface area contributed by atoms with Gasteiger partial charge in [0.25, 0.3) is 5.91 Å². The van der Waals surface area contributed by atoms with Crippen LogP contribution in [-0.4, -0.2) is 45.0 Å². The van der Waals surface area contributed by atoms with E-state index in [2.05, 4.69) is 15.5 Å². The molecule has 0 bridgehead atoms. The molecule has 1 aromatic heterocycles. The maximum Gasteiger partial charge on any atom is 0.262 e. The standard InChI is InChI=1S/C22H21FN4O2S/c1-14(15-6-9-24-10-7-15)25-26-22(29)21(16-2-4-18(23)5-3-16)27-11-8-19-17(13-27)12-20(28)30-19/h2-7,9-10,12,19,21H,8,11,13H2,1H3,(H,26,29)/b25-14-. The lowest BCUT2D eigenvalue weighted by molar-refractivity contribution is -0.126. The van der Waals surface area contributed by atoms with Crippen molar-refractivity contribution in [1.82, 2.24) is 15.3 Å². The molecule has 2 unspecified atom stereocenters. The smallest absolute Gasteiger partial charge is 0.262 e. The van der Waals surface area contributed by atoms with Crippen molar-refractivity contribution in [3.63, 3.8) is 0 Å². The van der Waals surface area contributed by atoms with E-state index in [4.69, 9.17) is 0 Å². The van der Waals surface area contributed by atoms with E-state index in [0.29, 0.717) is 24.4 Å². The number of carbonyl (C=O) groups is 2. The minimum absolute atomic E-state index is 0.0669. The summed E-state index contributed by atoms with van der Waals surface area (Å²) in [6, 6.07) is 8.93. The van der Waals surface area contributed by atoms with Gasteiger partial charge >= 0.3 is 0 Å². The van der Waals surface area contributed by atoms with Crippen molar-refractivity contribution in [1.29, 1.82) is 0 Å². The lowest BCUT2D eigenvalue weighted by Crippen LogP contribution is -2.44. The average molecular weight is 425 g/mol. The van der Waals surface area contributed by atoms with Crippen molar-refractivity contribution >= 4 is 28.5 Å². The van der Waals surface area contributed by atoms with Gasteiger partial charge in [-0.1, -0.05) is 23.9 Å². The number of halogens is 1. The number of hydrogen-bond donors (Lipinski definition) is 1. The zero-order valence-corrected chi connectivity index (χ0v) is 17.2. The van der Waals surface area contributed by atoms with Gasteiger partial charge in [0.15, 0.2) is 0 Å². The average Bonchev–Trinajstić information content (AvgIpc) is 3.13. The Labute approximate surface area is 178 Å². The molecule has 0 saturated carbocycles. The second-order valence-corrected chi connectivity index (χ2v) is 8.47. The van der Waals surface area contributed by atoms with Crippen molar-refractivity contribution in [2.45, 2.75) is 24.6 Å². The second kappa shape index (κ2) is 8.89. The number of nitrogens with one attached hydrogen (secondary N) is 1. The second-order valence-electron chi connectivity index (χ2n) is 7.27. The fraction of sp³-hybridized carbons (Fsp3) is 0.273. The number of likely N-dealkylation sites (tertiary alicyclic amines) is 1. The number of aromatic nitrogens is 1. The first-order valence-electron chi connectivity index (χ1n) is 9.66. The molecule has 8 heteroatoms. The summed E-state index contributed by atoms with van der Waals surface area (Å²) in [5.74, 6) is -0.658. The summed E-state index contributed by atoms with van der Waals surface area (Å²) in [6.45, 7) is 2.98. The quantitative estimate of drug-likeness (QED) is 0.590. The van der Waals surface area contributed by atoms with Crippen molar-refractivity contribution in [2.75, 3.05) is 13.1 Å². The van der Waals surface area contributed by atoms with E-state index >= 15 is 0 Å². The van der Waals surface area contributed by atoms with Crippen LogP contribution in [0.1, 0.15) is 30.5 Å². The normalized spacial score (nSPS) is 20.5. The van der Waals surface area contributed by atoms with Gasteiger partial charge in [-0.2, -0.15) is 5.10 Å². The van der Waals surface area contributed by atoms with Gasteiger partial charge in [-0.3, -0.25) is 19.5 Å². The Morgan fingerprint density at radius 2 is 2.00 bits per heavy atom. The molecule has 0 spiro atoms. The lowest BCUT2D eigenvalue weighted by Gasteiger charge is -2.36. The van der Waals surface area contributed by atoms with E-state index in [1.165, 1.54) is 23.9 Å². The summed E-state index contributed by atoms with van der Waals surface area (Å²) in [4.78, 5) is 30.9. The molecule has 2 aromatic rings. The first-order valence-corrected chi connectivity index (χ1v) is 10.5. The van der Waals surface area contributed by atoms with Crippen molar-refractivity contribution in [2.24, 2.45) is 5.10 Å². The van der Waals surface area contributed by atoms with Gasteiger partial charge in [-0.25, -0.2) is 9.82 Å². The zero-order valence-electron chi connectivity index (χ0n) is 16.4. The van der Waals surface area contributed by atoms with Crippen molar-refractivity contribution < 1.29 is 14.0 Å². The van der Waals surface area contributed by atoms with Crippen LogP contribution in [0.25, 0.3) is 0 Å². The van der Waals surface area contributed by atoms with Crippen LogP contribution in [0.15, 0.2) is 65.5 Å². The molecule has 154 valence electrons. The lowest BCUT2D eigenvalue weighted by atomic mass is 9.98. The molecule has 2 atom stereocenters. The van der Waals surface area contributed by atoms with Crippen LogP contribution in [0.3, 0.4) is 0 Å². The Morgan fingerprint density at radius 3 is 2.73 bits per heavy atom. The van der Waals surface area contributed by atoms with Gasteiger partial charge in [0, 0.05) is 36.3 Å². The minimum atomic E-state index is -0.637. The molecule has 0 aliphatic carbocycles. The molecule has 1 saturated heterocycles. The van der Waals surface area contributed by atoms with Crippen LogP contribution in [0.4, 0.5) is 4.39 Å². The number of amides is 1. The van der Waals surface area contributed by atoms with Crippen LogP contribution in [0, 0.1) is 5.82 Å².